The Bertz CT molecular complexity index is 245. The highest BCUT2D eigenvalue weighted by Crippen LogP contribution is 2.14. The molecule has 0 atom stereocenters. The fraction of sp³-hybridized carbons (Fsp3) is 0.444. The van der Waals surface area contributed by atoms with Gasteiger partial charge in [-0.15, -0.1) is 0 Å². The Morgan fingerprint density at radius 1 is 1.42 bits per heavy atom. The molecule has 1 aromatic rings. The Morgan fingerprint density at radius 2 is 2.17 bits per heavy atom. The molecule has 0 aliphatic carbocycles. The van der Waals surface area contributed by atoms with E-state index in [0.717, 1.165) is 17.9 Å². The lowest BCUT2D eigenvalue weighted by Crippen LogP contribution is -2.09. The van der Waals surface area contributed by atoms with Crippen LogP contribution in [-0.4, -0.2) is 25.6 Å². The van der Waals surface area contributed by atoms with Crippen LogP contribution in [0.1, 0.15) is 6.92 Å². The van der Waals surface area contributed by atoms with Crippen molar-refractivity contribution < 1.29 is 0 Å². The SMILES string of the molecule is CCNc1cncc(N(C)C)c1. The predicted octanol–water partition coefficient (Wildman–Crippen LogP) is 1.58. The number of anilines is 2. The molecule has 3 nitrogen and oxygen atoms in total. The van der Waals surface area contributed by atoms with Crippen molar-refractivity contribution in [3.8, 4) is 0 Å². The summed E-state index contributed by atoms with van der Waals surface area (Å²) in [6.45, 7) is 3.00. The summed E-state index contributed by atoms with van der Waals surface area (Å²) in [7, 11) is 4.01. The maximum Gasteiger partial charge on any atom is 0.0568 e. The Kier molecular flexibility index (Phi) is 2.91. The zero-order valence-electron chi connectivity index (χ0n) is 7.83. The number of rotatable bonds is 3. The fourth-order valence-electron chi connectivity index (χ4n) is 0.973. The molecule has 0 aliphatic heterocycles. The summed E-state index contributed by atoms with van der Waals surface area (Å²) in [5, 5.41) is 3.21. The molecule has 0 bridgehead atoms. The number of hydrogen-bond donors (Lipinski definition) is 1. The Hall–Kier alpha value is -1.25. The number of nitrogens with zero attached hydrogens (tertiary/aromatic N) is 2. The van der Waals surface area contributed by atoms with E-state index in [1.807, 2.05) is 31.4 Å². The minimum atomic E-state index is 0.929. The van der Waals surface area contributed by atoms with E-state index in [1.165, 1.54) is 0 Å². The van der Waals surface area contributed by atoms with Crippen LogP contribution in [0.4, 0.5) is 11.4 Å². The summed E-state index contributed by atoms with van der Waals surface area (Å²) in [5.74, 6) is 0. The number of hydrogen-bond acceptors (Lipinski definition) is 3. The third-order valence-electron chi connectivity index (χ3n) is 1.62. The minimum absolute atomic E-state index is 0.929. The lowest BCUT2D eigenvalue weighted by atomic mass is 10.3. The first-order valence-electron chi connectivity index (χ1n) is 4.10. The third kappa shape index (κ3) is 2.12. The van der Waals surface area contributed by atoms with E-state index >= 15 is 0 Å². The van der Waals surface area contributed by atoms with E-state index in [1.54, 1.807) is 0 Å². The van der Waals surface area contributed by atoms with Gasteiger partial charge in [-0.3, -0.25) is 4.98 Å². The van der Waals surface area contributed by atoms with Crippen molar-refractivity contribution in [1.82, 2.24) is 4.98 Å². The Labute approximate surface area is 73.4 Å². The lowest BCUT2D eigenvalue weighted by molar-refractivity contribution is 1.10. The molecule has 0 radical (unpaired) electrons. The van der Waals surface area contributed by atoms with Gasteiger partial charge in [-0.2, -0.15) is 0 Å². The van der Waals surface area contributed by atoms with Gasteiger partial charge in [0.05, 0.1) is 23.8 Å². The molecule has 0 aliphatic rings. The second-order valence-electron chi connectivity index (χ2n) is 2.86. The maximum absolute atomic E-state index is 4.12. The highest BCUT2D eigenvalue weighted by atomic mass is 15.1. The molecule has 0 saturated carbocycles. The fourth-order valence-corrected chi connectivity index (χ4v) is 0.973. The minimum Gasteiger partial charge on any atom is -0.384 e. The molecule has 1 N–H and O–H groups in total. The quantitative estimate of drug-likeness (QED) is 0.737. The summed E-state index contributed by atoms with van der Waals surface area (Å²) < 4.78 is 0. The zero-order chi connectivity index (χ0) is 8.97. The Balaban J connectivity index is 2.81. The molecule has 12 heavy (non-hydrogen) atoms. The van der Waals surface area contributed by atoms with Crippen LogP contribution in [0.15, 0.2) is 18.5 Å². The van der Waals surface area contributed by atoms with E-state index in [0.29, 0.717) is 0 Å². The van der Waals surface area contributed by atoms with Crippen LogP contribution in [0.3, 0.4) is 0 Å². The average Bonchev–Trinajstić information content (AvgIpc) is 2.05. The van der Waals surface area contributed by atoms with Gasteiger partial charge in [-0.25, -0.2) is 0 Å². The molecule has 0 fully saturated rings. The number of aromatic nitrogens is 1. The largest absolute Gasteiger partial charge is 0.384 e. The molecule has 1 heterocycles. The number of nitrogens with one attached hydrogen (secondary N) is 1. The summed E-state index contributed by atoms with van der Waals surface area (Å²) in [5.41, 5.74) is 2.19. The molecule has 0 spiro atoms. The molecule has 0 aromatic carbocycles. The molecule has 1 rings (SSSR count). The first-order chi connectivity index (χ1) is 5.74. The van der Waals surface area contributed by atoms with Gasteiger partial charge in [-0.1, -0.05) is 0 Å². The molecule has 0 saturated heterocycles. The second-order valence-corrected chi connectivity index (χ2v) is 2.86. The molecular weight excluding hydrogens is 150 g/mol. The third-order valence-corrected chi connectivity index (χ3v) is 1.62. The molecular formula is C9H15N3. The average molecular weight is 165 g/mol. The maximum atomic E-state index is 4.12. The van der Waals surface area contributed by atoms with Gasteiger partial charge in [0.25, 0.3) is 0 Å². The first kappa shape index (κ1) is 8.84. The summed E-state index contributed by atoms with van der Waals surface area (Å²) in [6.07, 6.45) is 3.68. The van der Waals surface area contributed by atoms with Crippen molar-refractivity contribution in [2.75, 3.05) is 30.9 Å². The van der Waals surface area contributed by atoms with E-state index in [9.17, 15) is 0 Å². The smallest absolute Gasteiger partial charge is 0.0568 e. The van der Waals surface area contributed by atoms with Crippen LogP contribution in [-0.2, 0) is 0 Å². The van der Waals surface area contributed by atoms with Gasteiger partial charge < -0.3 is 10.2 Å². The lowest BCUT2D eigenvalue weighted by Gasteiger charge is -2.12. The van der Waals surface area contributed by atoms with Crippen molar-refractivity contribution in [2.24, 2.45) is 0 Å². The molecule has 0 unspecified atom stereocenters. The van der Waals surface area contributed by atoms with Crippen molar-refractivity contribution in [3.63, 3.8) is 0 Å². The second kappa shape index (κ2) is 3.95. The van der Waals surface area contributed by atoms with Crippen molar-refractivity contribution in [2.45, 2.75) is 6.92 Å². The van der Waals surface area contributed by atoms with Gasteiger partial charge >= 0.3 is 0 Å². The highest BCUT2D eigenvalue weighted by Gasteiger charge is 1.96. The number of pyridine rings is 1. The van der Waals surface area contributed by atoms with Crippen molar-refractivity contribution in [1.29, 1.82) is 0 Å². The molecule has 3 heteroatoms. The molecule has 66 valence electrons. The van der Waals surface area contributed by atoms with E-state index in [2.05, 4.69) is 23.3 Å². The summed E-state index contributed by atoms with van der Waals surface area (Å²) >= 11 is 0. The first-order valence-corrected chi connectivity index (χ1v) is 4.10. The van der Waals surface area contributed by atoms with E-state index < -0.39 is 0 Å². The van der Waals surface area contributed by atoms with Crippen LogP contribution in [0.25, 0.3) is 0 Å². The monoisotopic (exact) mass is 165 g/mol. The Morgan fingerprint density at radius 3 is 2.75 bits per heavy atom. The summed E-state index contributed by atoms with van der Waals surface area (Å²) in [4.78, 5) is 6.16. The van der Waals surface area contributed by atoms with E-state index in [4.69, 9.17) is 0 Å². The van der Waals surface area contributed by atoms with Gasteiger partial charge in [0.1, 0.15) is 0 Å². The van der Waals surface area contributed by atoms with Crippen LogP contribution < -0.4 is 10.2 Å². The predicted molar refractivity (Wildman–Crippen MR) is 52.7 cm³/mol. The van der Waals surface area contributed by atoms with Gasteiger partial charge in [-0.05, 0) is 13.0 Å². The van der Waals surface area contributed by atoms with Crippen LogP contribution >= 0.6 is 0 Å². The van der Waals surface area contributed by atoms with Crippen molar-refractivity contribution >= 4 is 11.4 Å². The van der Waals surface area contributed by atoms with Crippen LogP contribution in [0, 0.1) is 0 Å². The standard InChI is InChI=1S/C9H15N3/c1-4-11-8-5-9(12(2)3)7-10-6-8/h5-7,11H,4H2,1-3H3. The van der Waals surface area contributed by atoms with E-state index in [-0.39, 0.29) is 0 Å². The normalized spacial score (nSPS) is 9.58. The molecule has 0 amide bonds. The van der Waals surface area contributed by atoms with Crippen LogP contribution in [0.2, 0.25) is 0 Å². The van der Waals surface area contributed by atoms with Gasteiger partial charge in [0.2, 0.25) is 0 Å². The highest BCUT2D eigenvalue weighted by molar-refractivity contribution is 5.54. The van der Waals surface area contributed by atoms with Gasteiger partial charge in [0, 0.05) is 20.6 Å². The van der Waals surface area contributed by atoms with Crippen LogP contribution in [0.5, 0.6) is 0 Å². The summed E-state index contributed by atoms with van der Waals surface area (Å²) in [6, 6.07) is 2.08. The molecule has 1 aromatic heterocycles. The van der Waals surface area contributed by atoms with Gasteiger partial charge in [0.15, 0.2) is 0 Å². The topological polar surface area (TPSA) is 28.2 Å². The zero-order valence-corrected chi connectivity index (χ0v) is 7.83. The van der Waals surface area contributed by atoms with Crippen molar-refractivity contribution in [3.05, 3.63) is 18.5 Å².